The summed E-state index contributed by atoms with van der Waals surface area (Å²) in [5, 5.41) is 0. The Balaban J connectivity index is 4.28. The van der Waals surface area contributed by atoms with E-state index in [1.54, 1.807) is 0 Å². The number of hydrogen-bond acceptors (Lipinski definition) is 7. The van der Waals surface area contributed by atoms with Crippen LogP contribution in [0.2, 0.25) is 0 Å². The van der Waals surface area contributed by atoms with E-state index in [1.165, 1.54) is 38.5 Å². The van der Waals surface area contributed by atoms with Gasteiger partial charge in [0, 0.05) is 13.0 Å². The molecule has 0 aliphatic carbocycles. The van der Waals surface area contributed by atoms with Crippen LogP contribution in [0.4, 0.5) is 0 Å². The van der Waals surface area contributed by atoms with Crippen LogP contribution in [0.3, 0.4) is 0 Å². The number of carbonyl (C=O) groups is 1. The van der Waals surface area contributed by atoms with E-state index in [0.717, 1.165) is 109 Å². The van der Waals surface area contributed by atoms with Crippen LogP contribution in [0.15, 0.2) is 134 Å². The number of quaternary nitrogens is 1. The Labute approximate surface area is 411 Å². The molecule has 2 unspecified atom stereocenters. The van der Waals surface area contributed by atoms with Crippen molar-refractivity contribution in [3.63, 3.8) is 0 Å². The molecule has 0 rings (SSSR count). The fourth-order valence-corrected chi connectivity index (χ4v) is 7.02. The zero-order chi connectivity index (χ0) is 49.0. The summed E-state index contributed by atoms with van der Waals surface area (Å²) in [7, 11) is 1.29. The highest BCUT2D eigenvalue weighted by Crippen LogP contribution is 2.38. The minimum atomic E-state index is -4.56. The van der Waals surface area contributed by atoms with Gasteiger partial charge in [0.2, 0.25) is 0 Å². The lowest BCUT2D eigenvalue weighted by Crippen LogP contribution is -2.37. The van der Waals surface area contributed by atoms with Gasteiger partial charge >= 0.3 is 5.97 Å². The number of rotatable bonds is 46. The van der Waals surface area contributed by atoms with Gasteiger partial charge in [0.1, 0.15) is 19.3 Å². The first-order valence-electron chi connectivity index (χ1n) is 25.9. The second-order valence-corrected chi connectivity index (χ2v) is 19.2. The Hall–Kier alpha value is -3.36. The molecule has 0 aliphatic heterocycles. The van der Waals surface area contributed by atoms with E-state index < -0.39 is 13.9 Å². The van der Waals surface area contributed by atoms with Crippen LogP contribution >= 0.6 is 7.82 Å². The molecule has 0 amide bonds. The molecular formula is C58H96NO7P. The predicted octanol–water partition coefficient (Wildman–Crippen LogP) is 15.6. The van der Waals surface area contributed by atoms with Crippen molar-refractivity contribution < 1.29 is 37.3 Å². The number of likely N-dealkylation sites (N-methyl/N-ethyl adjacent to an activating group) is 1. The van der Waals surface area contributed by atoms with Crippen molar-refractivity contribution in [3.8, 4) is 0 Å². The van der Waals surface area contributed by atoms with Crippen molar-refractivity contribution in [2.24, 2.45) is 0 Å². The number of allylic oxidation sites excluding steroid dienone is 22. The van der Waals surface area contributed by atoms with Crippen LogP contribution in [0.1, 0.15) is 168 Å². The second-order valence-electron chi connectivity index (χ2n) is 17.8. The fraction of sp³-hybridized carbons (Fsp3) is 0.603. The van der Waals surface area contributed by atoms with Crippen LogP contribution < -0.4 is 4.89 Å². The van der Waals surface area contributed by atoms with Crippen LogP contribution in [-0.2, 0) is 27.9 Å². The lowest BCUT2D eigenvalue weighted by Gasteiger charge is -2.28. The Morgan fingerprint density at radius 3 is 1.22 bits per heavy atom. The highest BCUT2D eigenvalue weighted by atomic mass is 31.2. The molecule has 0 spiro atoms. The van der Waals surface area contributed by atoms with Crippen molar-refractivity contribution in [2.75, 3.05) is 54.1 Å². The molecule has 0 aromatic rings. The number of nitrogens with zero attached hydrogens (tertiary/aromatic N) is 1. The number of hydrogen-bond donors (Lipinski definition) is 0. The van der Waals surface area contributed by atoms with Gasteiger partial charge in [0.25, 0.3) is 7.82 Å². The Kier molecular flexibility index (Phi) is 46.6. The highest BCUT2D eigenvalue weighted by Gasteiger charge is 2.20. The number of ether oxygens (including phenoxy) is 2. The first-order valence-corrected chi connectivity index (χ1v) is 27.4. The smallest absolute Gasteiger partial charge is 0.306 e. The maximum atomic E-state index is 12.8. The van der Waals surface area contributed by atoms with E-state index in [-0.39, 0.29) is 32.2 Å². The van der Waals surface area contributed by atoms with Gasteiger partial charge in [-0.1, -0.05) is 192 Å². The van der Waals surface area contributed by atoms with Gasteiger partial charge in [-0.05, 0) is 103 Å². The average Bonchev–Trinajstić information content (AvgIpc) is 3.29. The van der Waals surface area contributed by atoms with Crippen molar-refractivity contribution in [3.05, 3.63) is 134 Å². The average molecular weight is 950 g/mol. The summed E-state index contributed by atoms with van der Waals surface area (Å²) in [6, 6.07) is 0. The normalized spacial score (nSPS) is 14.7. The maximum Gasteiger partial charge on any atom is 0.306 e. The van der Waals surface area contributed by atoms with E-state index in [0.29, 0.717) is 17.6 Å². The van der Waals surface area contributed by atoms with E-state index in [4.69, 9.17) is 18.5 Å². The van der Waals surface area contributed by atoms with E-state index in [2.05, 4.69) is 148 Å². The number of phosphoric ester groups is 1. The Morgan fingerprint density at radius 1 is 0.463 bits per heavy atom. The number of unbranched alkanes of at least 4 members (excludes halogenated alkanes) is 10. The number of phosphoric acid groups is 1. The summed E-state index contributed by atoms with van der Waals surface area (Å²) in [6.07, 6.45) is 72.0. The lowest BCUT2D eigenvalue weighted by molar-refractivity contribution is -0.870. The SMILES string of the molecule is CC/C=C\C/C=C\C/C=C\C/C=C\C/C=C\C/C=C\CCCOCC(COP(=O)([O-])OCC[N+](C)(C)C)OC(=O)CCCCCCCCCCC/C=C\C/C=C\C/C=C\C/C=C\C/C=C\CC. The molecule has 0 fully saturated rings. The molecule has 2 atom stereocenters. The zero-order valence-corrected chi connectivity index (χ0v) is 43.9. The fourth-order valence-electron chi connectivity index (χ4n) is 6.29. The summed E-state index contributed by atoms with van der Waals surface area (Å²) in [5.41, 5.74) is 0. The minimum absolute atomic E-state index is 0.00559. The van der Waals surface area contributed by atoms with Gasteiger partial charge < -0.3 is 27.9 Å². The van der Waals surface area contributed by atoms with Gasteiger partial charge in [-0.15, -0.1) is 0 Å². The Morgan fingerprint density at radius 2 is 0.821 bits per heavy atom. The predicted molar refractivity (Wildman–Crippen MR) is 286 cm³/mol. The third-order valence-electron chi connectivity index (χ3n) is 10.2. The maximum absolute atomic E-state index is 12.8. The topological polar surface area (TPSA) is 94.1 Å². The molecule has 0 aromatic heterocycles. The summed E-state index contributed by atoms with van der Waals surface area (Å²) < 4.78 is 34.6. The molecule has 8 nitrogen and oxygen atoms in total. The van der Waals surface area contributed by atoms with Crippen LogP contribution in [-0.4, -0.2) is 70.7 Å². The summed E-state index contributed by atoms with van der Waals surface area (Å²) in [5.74, 6) is -0.366. The molecule has 9 heteroatoms. The van der Waals surface area contributed by atoms with Crippen molar-refractivity contribution >= 4 is 13.8 Å². The van der Waals surface area contributed by atoms with Crippen LogP contribution in [0.5, 0.6) is 0 Å². The van der Waals surface area contributed by atoms with Crippen LogP contribution in [0, 0.1) is 0 Å². The van der Waals surface area contributed by atoms with E-state index in [9.17, 15) is 14.3 Å². The van der Waals surface area contributed by atoms with Gasteiger partial charge in [0.15, 0.2) is 0 Å². The molecule has 0 saturated carbocycles. The van der Waals surface area contributed by atoms with Crippen molar-refractivity contribution in [2.45, 2.75) is 174 Å². The molecule has 0 heterocycles. The first kappa shape index (κ1) is 63.6. The largest absolute Gasteiger partial charge is 0.756 e. The highest BCUT2D eigenvalue weighted by molar-refractivity contribution is 7.45. The first-order chi connectivity index (χ1) is 32.6. The third kappa shape index (κ3) is 53.5. The molecule has 380 valence electrons. The molecule has 0 aromatic carbocycles. The van der Waals surface area contributed by atoms with Crippen LogP contribution in [0.25, 0.3) is 0 Å². The molecule has 0 saturated heterocycles. The Bertz CT molecular complexity index is 1520. The summed E-state index contributed by atoms with van der Waals surface area (Å²) in [4.78, 5) is 25.2. The molecular weight excluding hydrogens is 854 g/mol. The third-order valence-corrected chi connectivity index (χ3v) is 11.2. The zero-order valence-electron chi connectivity index (χ0n) is 43.0. The molecule has 0 aliphatic rings. The van der Waals surface area contributed by atoms with Crippen molar-refractivity contribution in [1.29, 1.82) is 0 Å². The number of carbonyl (C=O) groups excluding carboxylic acids is 1. The lowest BCUT2D eigenvalue weighted by atomic mass is 10.1. The van der Waals surface area contributed by atoms with Gasteiger partial charge in [-0.3, -0.25) is 9.36 Å². The molecule has 0 N–H and O–H groups in total. The van der Waals surface area contributed by atoms with Gasteiger partial charge in [0.05, 0.1) is 34.4 Å². The minimum Gasteiger partial charge on any atom is -0.756 e. The molecule has 67 heavy (non-hydrogen) atoms. The van der Waals surface area contributed by atoms with E-state index in [1.807, 2.05) is 21.1 Å². The standard InChI is InChI=1S/C58H96NO7P/c1-6-8-10-12-14-16-18-20-22-24-26-28-29-30-31-32-33-35-37-39-41-43-45-47-49-51-58(60)66-57(56-65-67(61,62)64-54-52-59(3,4)5)55-63-53-50-48-46-44-42-40-38-36-34-27-25-23-21-19-17-15-13-11-9-7-2/h8-11,14-17,20-23,26-28,30-31,34,38,40,44,46,57H,6-7,12-13,18-19,24-25,29,32-33,35-37,39,41-43,45,47-56H2,1-5H3/b10-8-,11-9-,16-14-,17-15-,22-20-,23-21-,28-26-,31-30-,34-27-,40-38-,46-44-. The number of esters is 1. The second kappa shape index (κ2) is 49.1. The molecule has 0 bridgehead atoms. The summed E-state index contributed by atoms with van der Waals surface area (Å²) >= 11 is 0. The van der Waals surface area contributed by atoms with E-state index >= 15 is 0 Å². The van der Waals surface area contributed by atoms with Gasteiger partial charge in [-0.25, -0.2) is 0 Å². The monoisotopic (exact) mass is 950 g/mol. The quantitative estimate of drug-likeness (QED) is 0.0197. The molecule has 0 radical (unpaired) electrons. The van der Waals surface area contributed by atoms with Gasteiger partial charge in [-0.2, -0.15) is 0 Å². The van der Waals surface area contributed by atoms with Crippen molar-refractivity contribution in [1.82, 2.24) is 0 Å². The summed E-state index contributed by atoms with van der Waals surface area (Å²) in [6.45, 7) is 4.98.